The second-order valence-electron chi connectivity index (χ2n) is 9.23. The number of anilines is 1. The third-order valence-corrected chi connectivity index (χ3v) is 8.83. The Morgan fingerprint density at radius 2 is 2.04 bits per heavy atom. The van der Waals surface area contributed by atoms with Gasteiger partial charge in [0.25, 0.3) is 0 Å². The lowest BCUT2D eigenvalue weighted by Gasteiger charge is -2.72. The van der Waals surface area contributed by atoms with E-state index in [1.54, 1.807) is 0 Å². The summed E-state index contributed by atoms with van der Waals surface area (Å²) in [6, 6.07) is 8.35. The van der Waals surface area contributed by atoms with Crippen LogP contribution in [0.25, 0.3) is 0 Å². The fourth-order valence-corrected chi connectivity index (χ4v) is 8.13. The lowest BCUT2D eigenvalue weighted by Crippen LogP contribution is -2.89. The molecule has 3 aliphatic carbocycles. The second kappa shape index (κ2) is 4.67. The number of esters is 1. The van der Waals surface area contributed by atoms with Crippen molar-refractivity contribution in [2.24, 2.45) is 5.41 Å². The summed E-state index contributed by atoms with van der Waals surface area (Å²) < 4.78 is 5.09. The highest BCUT2D eigenvalue weighted by atomic mass is 16.5. The van der Waals surface area contributed by atoms with E-state index in [-0.39, 0.29) is 11.5 Å². The molecule has 6 atom stereocenters. The largest absolute Gasteiger partial charge is 0.467 e. The Labute approximate surface area is 158 Å². The molecule has 6 nitrogen and oxygen atoms in total. The first-order chi connectivity index (χ1) is 13.0. The number of nitrogens with zero attached hydrogens (tertiary/aromatic N) is 1. The van der Waals surface area contributed by atoms with E-state index in [1.807, 2.05) is 18.2 Å². The van der Waals surface area contributed by atoms with Crippen molar-refractivity contribution >= 4 is 11.7 Å². The van der Waals surface area contributed by atoms with Gasteiger partial charge >= 0.3 is 5.97 Å². The zero-order valence-electron chi connectivity index (χ0n) is 15.6. The molecule has 3 spiro atoms. The molecule has 7 rings (SSSR count). The van der Waals surface area contributed by atoms with Gasteiger partial charge in [-0.15, -0.1) is 0 Å². The molecule has 1 aromatic rings. The monoisotopic (exact) mass is 370 g/mol. The van der Waals surface area contributed by atoms with Gasteiger partial charge in [0.05, 0.1) is 12.6 Å². The summed E-state index contributed by atoms with van der Waals surface area (Å²) in [6.07, 6.45) is 3.06. The molecule has 3 heterocycles. The molecule has 0 radical (unpaired) electrons. The van der Waals surface area contributed by atoms with Gasteiger partial charge in [0, 0.05) is 22.6 Å². The maximum Gasteiger partial charge on any atom is 0.343 e. The Balaban J connectivity index is 1.71. The fraction of sp³-hybridized carbons (Fsp3) is 0.667. The number of nitrogens with one attached hydrogen (secondary N) is 1. The Kier molecular flexibility index (Phi) is 2.83. The molecule has 144 valence electrons. The number of carbonyl (C=O) groups is 1. The first kappa shape index (κ1) is 16.3. The van der Waals surface area contributed by atoms with E-state index in [9.17, 15) is 15.0 Å². The standard InChI is InChI=1S/C21H26N2O4/c1-27-17(25)21(26)16(24)18-7-4-11-23-12-10-19(15(18)23)13-5-2-3-6-14(13)22-20(19,21)9-8-18/h2-3,5-6,15-16,22,24,26H,4,7-12H2,1H3. The number of aliphatic hydroxyl groups excluding tert-OH is 1. The van der Waals surface area contributed by atoms with E-state index in [0.717, 1.165) is 44.5 Å². The summed E-state index contributed by atoms with van der Waals surface area (Å²) in [7, 11) is 1.30. The number of hydrogen-bond donors (Lipinski definition) is 3. The van der Waals surface area contributed by atoms with Gasteiger partial charge in [-0.2, -0.15) is 0 Å². The number of fused-ring (bicyclic) bond motifs is 3. The van der Waals surface area contributed by atoms with Crippen LogP contribution in [0.1, 0.15) is 37.7 Å². The summed E-state index contributed by atoms with van der Waals surface area (Å²) >= 11 is 0. The van der Waals surface area contributed by atoms with Crippen LogP contribution < -0.4 is 5.32 Å². The quantitative estimate of drug-likeness (QED) is 0.641. The lowest BCUT2D eigenvalue weighted by atomic mass is 9.36. The average molecular weight is 370 g/mol. The molecule has 1 aromatic carbocycles. The SMILES string of the molecule is COC(=O)C1(O)C(O)C23CCCN4CCC5(c6ccccc6NC15CC2)C43. The number of benzene rings is 1. The molecule has 2 saturated heterocycles. The molecule has 6 unspecified atom stereocenters. The molecule has 3 aliphatic heterocycles. The summed E-state index contributed by atoms with van der Waals surface area (Å²) in [4.78, 5) is 15.5. The van der Waals surface area contributed by atoms with E-state index in [0.29, 0.717) is 6.42 Å². The number of carbonyl (C=O) groups excluding carboxylic acids is 1. The van der Waals surface area contributed by atoms with Gasteiger partial charge in [-0.1, -0.05) is 18.2 Å². The van der Waals surface area contributed by atoms with Crippen molar-refractivity contribution in [1.29, 1.82) is 0 Å². The molecule has 27 heavy (non-hydrogen) atoms. The third-order valence-electron chi connectivity index (χ3n) is 8.83. The maximum absolute atomic E-state index is 13.0. The van der Waals surface area contributed by atoms with Crippen molar-refractivity contribution in [3.05, 3.63) is 29.8 Å². The molecule has 5 fully saturated rings. The Hall–Kier alpha value is -1.63. The van der Waals surface area contributed by atoms with Crippen LogP contribution in [0.4, 0.5) is 5.69 Å². The predicted molar refractivity (Wildman–Crippen MR) is 98.3 cm³/mol. The van der Waals surface area contributed by atoms with Crippen molar-refractivity contribution in [2.75, 3.05) is 25.5 Å². The van der Waals surface area contributed by atoms with Crippen LogP contribution in [0.15, 0.2) is 24.3 Å². The number of ether oxygens (including phenoxy) is 1. The van der Waals surface area contributed by atoms with E-state index in [2.05, 4.69) is 16.3 Å². The number of piperidine rings is 1. The molecule has 2 bridgehead atoms. The minimum absolute atomic E-state index is 0.142. The van der Waals surface area contributed by atoms with Crippen molar-refractivity contribution in [1.82, 2.24) is 4.90 Å². The first-order valence-electron chi connectivity index (χ1n) is 10.1. The minimum atomic E-state index is -1.96. The lowest BCUT2D eigenvalue weighted by molar-refractivity contribution is -0.276. The highest BCUT2D eigenvalue weighted by Gasteiger charge is 2.87. The van der Waals surface area contributed by atoms with Crippen molar-refractivity contribution in [2.45, 2.75) is 60.8 Å². The molecule has 6 aliphatic rings. The minimum Gasteiger partial charge on any atom is -0.467 e. The molecule has 0 amide bonds. The topological polar surface area (TPSA) is 82.0 Å². The smallest absolute Gasteiger partial charge is 0.343 e. The summed E-state index contributed by atoms with van der Waals surface area (Å²) in [6.45, 7) is 1.96. The van der Waals surface area contributed by atoms with Crippen molar-refractivity contribution < 1.29 is 19.7 Å². The zero-order chi connectivity index (χ0) is 18.7. The number of aliphatic hydroxyl groups is 2. The second-order valence-corrected chi connectivity index (χ2v) is 9.23. The fourth-order valence-electron chi connectivity index (χ4n) is 8.13. The summed E-state index contributed by atoms with van der Waals surface area (Å²) in [5.41, 5.74) is -1.57. The number of para-hydroxylation sites is 1. The molecule has 6 heteroatoms. The van der Waals surface area contributed by atoms with E-state index in [1.165, 1.54) is 12.7 Å². The average Bonchev–Trinajstić information content (AvgIpc) is 3.24. The van der Waals surface area contributed by atoms with Crippen molar-refractivity contribution in [3.63, 3.8) is 0 Å². The Morgan fingerprint density at radius 1 is 1.22 bits per heavy atom. The van der Waals surface area contributed by atoms with Crippen LogP contribution in [0.2, 0.25) is 0 Å². The number of methoxy groups -OCH3 is 1. The van der Waals surface area contributed by atoms with Gasteiger partial charge < -0.3 is 20.3 Å². The Bertz CT molecular complexity index is 860. The van der Waals surface area contributed by atoms with E-state index in [4.69, 9.17) is 4.74 Å². The van der Waals surface area contributed by atoms with Crippen LogP contribution in [-0.2, 0) is 14.9 Å². The van der Waals surface area contributed by atoms with Crippen molar-refractivity contribution in [3.8, 4) is 0 Å². The van der Waals surface area contributed by atoms with Gasteiger partial charge in [0.15, 0.2) is 0 Å². The zero-order valence-corrected chi connectivity index (χ0v) is 15.6. The number of hydrogen-bond acceptors (Lipinski definition) is 6. The van der Waals surface area contributed by atoms with E-state index < -0.39 is 28.6 Å². The van der Waals surface area contributed by atoms with Crippen LogP contribution in [-0.4, -0.2) is 64.6 Å². The van der Waals surface area contributed by atoms with Gasteiger partial charge in [-0.25, -0.2) is 4.79 Å². The number of rotatable bonds is 1. The third kappa shape index (κ3) is 1.37. The van der Waals surface area contributed by atoms with Crippen LogP contribution >= 0.6 is 0 Å². The van der Waals surface area contributed by atoms with Crippen LogP contribution in [0.3, 0.4) is 0 Å². The van der Waals surface area contributed by atoms with Gasteiger partial charge in [-0.3, -0.25) is 4.90 Å². The normalized spacial score (nSPS) is 49.1. The summed E-state index contributed by atoms with van der Waals surface area (Å²) in [5.74, 6) is -0.712. The Morgan fingerprint density at radius 3 is 2.85 bits per heavy atom. The molecule has 0 aromatic heterocycles. The highest BCUT2D eigenvalue weighted by molar-refractivity contribution is 5.88. The molecular formula is C21H26N2O4. The van der Waals surface area contributed by atoms with Gasteiger partial charge in [0.2, 0.25) is 5.60 Å². The van der Waals surface area contributed by atoms with Gasteiger partial charge in [0.1, 0.15) is 6.10 Å². The maximum atomic E-state index is 13.0. The molecular weight excluding hydrogens is 344 g/mol. The van der Waals surface area contributed by atoms with Crippen LogP contribution in [0.5, 0.6) is 0 Å². The highest BCUT2D eigenvalue weighted by Crippen LogP contribution is 2.75. The van der Waals surface area contributed by atoms with E-state index >= 15 is 0 Å². The molecule has 3 N–H and O–H groups in total. The summed E-state index contributed by atoms with van der Waals surface area (Å²) in [5, 5.41) is 27.1. The molecule has 3 saturated carbocycles. The van der Waals surface area contributed by atoms with Crippen LogP contribution in [0, 0.1) is 5.41 Å². The van der Waals surface area contributed by atoms with Gasteiger partial charge in [-0.05, 0) is 56.8 Å². The first-order valence-corrected chi connectivity index (χ1v) is 10.1. The predicted octanol–water partition coefficient (Wildman–Crippen LogP) is 1.02.